The summed E-state index contributed by atoms with van der Waals surface area (Å²) >= 11 is 0. The van der Waals surface area contributed by atoms with Gasteiger partial charge in [-0.1, -0.05) is 262 Å². The third-order valence-corrected chi connectivity index (χ3v) is 18.2. The summed E-state index contributed by atoms with van der Waals surface area (Å²) in [4.78, 5) is 13.5. The van der Waals surface area contributed by atoms with Crippen LogP contribution < -0.4 is 5.32 Å². The summed E-state index contributed by atoms with van der Waals surface area (Å²) in [6.07, 6.45) is 37.5. The Bertz CT molecular complexity index is 1840. The van der Waals surface area contributed by atoms with Crippen molar-refractivity contribution in [1.82, 2.24) is 5.32 Å². The number of hydrogen-bond donors (Lipinski definition) is 12. The summed E-state index contributed by atoms with van der Waals surface area (Å²) in [6, 6.07) is -0.892. The van der Waals surface area contributed by atoms with Crippen molar-refractivity contribution >= 4 is 5.91 Å². The van der Waals surface area contributed by atoms with E-state index in [1.54, 1.807) is 0 Å². The zero-order valence-electron chi connectivity index (χ0n) is 56.3. The molecule has 3 aliphatic heterocycles. The standard InChI is InChI=1S/C72H131NO18/c1-3-5-7-9-11-13-15-17-19-21-23-25-27-29-31-33-35-37-39-41-43-45-47-49-56(77)55(73-60(78)50-48-46-44-42-40-38-36-34-32-30-28-26-24-22-20-18-16-14-12-10-8-6-4-2)54-86-70-66(84)63(81)68(58(52-75)88-70)91-72-67(85)64(82)69(59(53-76)89-72)90-71-65(83)62(80)61(79)57(51-74)87-71/h6,8,12,14,18,20,24,26,55-59,61-72,74-77,79-85H,3-5,7,9-11,13,15-17,19,21-23,25,27-54H2,1-2H3,(H,73,78)/b8-6-,14-12-,20-18-,26-24-. The third-order valence-electron chi connectivity index (χ3n) is 18.2. The molecular weight excluding hydrogens is 1170 g/mol. The summed E-state index contributed by atoms with van der Waals surface area (Å²) in [7, 11) is 0. The maximum absolute atomic E-state index is 13.5. The first-order valence-corrected chi connectivity index (χ1v) is 36.4. The predicted octanol–water partition coefficient (Wildman–Crippen LogP) is 10.2. The maximum Gasteiger partial charge on any atom is 0.220 e. The van der Waals surface area contributed by atoms with Crippen molar-refractivity contribution in [3.8, 4) is 0 Å². The molecule has 3 fully saturated rings. The van der Waals surface area contributed by atoms with E-state index in [1.165, 1.54) is 161 Å². The minimum atomic E-state index is -1.97. The highest BCUT2D eigenvalue weighted by molar-refractivity contribution is 5.76. The lowest BCUT2D eigenvalue weighted by atomic mass is 9.96. The molecule has 0 spiro atoms. The quantitative estimate of drug-likeness (QED) is 0.0199. The van der Waals surface area contributed by atoms with E-state index < -0.39 is 124 Å². The number of allylic oxidation sites excluding steroid dienone is 8. The molecule has 17 atom stereocenters. The van der Waals surface area contributed by atoms with E-state index in [2.05, 4.69) is 67.8 Å². The lowest BCUT2D eigenvalue weighted by Gasteiger charge is -2.48. The van der Waals surface area contributed by atoms with Gasteiger partial charge in [-0.3, -0.25) is 4.79 Å². The number of carbonyl (C=O) groups is 1. The van der Waals surface area contributed by atoms with Crippen molar-refractivity contribution in [2.75, 3.05) is 26.4 Å². The molecule has 532 valence electrons. The van der Waals surface area contributed by atoms with Gasteiger partial charge in [0, 0.05) is 6.42 Å². The first-order chi connectivity index (χ1) is 44.3. The maximum atomic E-state index is 13.5. The first-order valence-electron chi connectivity index (χ1n) is 36.4. The topological polar surface area (TPSA) is 307 Å². The van der Waals surface area contributed by atoms with Gasteiger partial charge in [0.05, 0.1) is 38.6 Å². The second-order valence-electron chi connectivity index (χ2n) is 26.0. The van der Waals surface area contributed by atoms with Gasteiger partial charge in [-0.15, -0.1) is 0 Å². The Kier molecular flexibility index (Phi) is 49.1. The molecule has 19 heteroatoms. The SMILES string of the molecule is CC/C=C\C/C=C\C/C=C\C/C=C\CCCCCCCCCCCCC(=O)NC(COC1OC(CO)C(OC2OC(CO)C(OC3OC(CO)C(O)C(O)C3O)C(O)C2O)C(O)C1O)C(O)CCCCCCCCCCCCCCCCCCCCCCCCC. The molecule has 0 aliphatic carbocycles. The Morgan fingerprint density at radius 3 is 1.19 bits per heavy atom. The van der Waals surface area contributed by atoms with Gasteiger partial charge in [-0.25, -0.2) is 0 Å². The summed E-state index contributed by atoms with van der Waals surface area (Å²) < 4.78 is 34.5. The summed E-state index contributed by atoms with van der Waals surface area (Å²) in [5.74, 6) is -0.246. The van der Waals surface area contributed by atoms with Crippen LogP contribution in [0.25, 0.3) is 0 Å². The number of aliphatic hydroxyl groups is 11. The van der Waals surface area contributed by atoms with E-state index in [9.17, 15) is 61.0 Å². The molecule has 0 saturated carbocycles. The lowest BCUT2D eigenvalue weighted by Crippen LogP contribution is -2.66. The van der Waals surface area contributed by atoms with E-state index in [0.29, 0.717) is 12.8 Å². The van der Waals surface area contributed by atoms with Crippen LogP contribution in [0.5, 0.6) is 0 Å². The molecule has 19 nitrogen and oxygen atoms in total. The second kappa shape index (κ2) is 53.8. The van der Waals surface area contributed by atoms with Crippen molar-refractivity contribution in [1.29, 1.82) is 0 Å². The average molecular weight is 1300 g/mol. The Hall–Kier alpha value is -2.25. The molecule has 0 radical (unpaired) electrons. The van der Waals surface area contributed by atoms with Crippen LogP contribution in [-0.2, 0) is 33.2 Å². The van der Waals surface area contributed by atoms with E-state index in [0.717, 1.165) is 77.0 Å². The molecular formula is C72H131NO18. The monoisotopic (exact) mass is 1300 g/mol. The van der Waals surface area contributed by atoms with Crippen LogP contribution in [0, 0.1) is 0 Å². The van der Waals surface area contributed by atoms with Crippen LogP contribution in [0.3, 0.4) is 0 Å². The number of nitrogens with one attached hydrogen (secondary N) is 1. The normalized spacial score (nSPS) is 28.1. The van der Waals surface area contributed by atoms with Crippen molar-refractivity contribution in [3.05, 3.63) is 48.6 Å². The number of unbranched alkanes of at least 4 members (excludes halogenated alkanes) is 32. The van der Waals surface area contributed by atoms with E-state index >= 15 is 0 Å². The number of ether oxygens (including phenoxy) is 6. The smallest absolute Gasteiger partial charge is 0.220 e. The molecule has 12 N–H and O–H groups in total. The van der Waals surface area contributed by atoms with Crippen LogP contribution in [0.4, 0.5) is 0 Å². The fourth-order valence-electron chi connectivity index (χ4n) is 12.3. The van der Waals surface area contributed by atoms with Gasteiger partial charge in [0.15, 0.2) is 18.9 Å². The Balaban J connectivity index is 1.42. The van der Waals surface area contributed by atoms with Gasteiger partial charge in [0.2, 0.25) is 5.91 Å². The van der Waals surface area contributed by atoms with Crippen molar-refractivity contribution in [2.45, 2.75) is 375 Å². The van der Waals surface area contributed by atoms with Crippen LogP contribution >= 0.6 is 0 Å². The van der Waals surface area contributed by atoms with E-state index in [-0.39, 0.29) is 18.9 Å². The molecule has 0 aromatic rings. The minimum absolute atomic E-state index is 0.246. The highest BCUT2D eigenvalue weighted by atomic mass is 16.8. The Labute approximate surface area is 548 Å². The number of rotatable bonds is 56. The fourth-order valence-corrected chi connectivity index (χ4v) is 12.3. The molecule has 3 heterocycles. The highest BCUT2D eigenvalue weighted by Gasteiger charge is 2.53. The van der Waals surface area contributed by atoms with Crippen LogP contribution in [0.1, 0.15) is 271 Å². The molecule has 0 aromatic carbocycles. The fraction of sp³-hybridized carbons (Fsp3) is 0.875. The second-order valence-corrected chi connectivity index (χ2v) is 26.0. The zero-order chi connectivity index (χ0) is 66.1. The van der Waals surface area contributed by atoms with E-state index in [1.807, 2.05) is 0 Å². The average Bonchev–Trinajstić information content (AvgIpc) is 0.883. The molecule has 3 saturated heterocycles. The van der Waals surface area contributed by atoms with Gasteiger partial charge in [0.25, 0.3) is 0 Å². The van der Waals surface area contributed by atoms with Crippen molar-refractivity contribution < 1.29 is 89.4 Å². The van der Waals surface area contributed by atoms with Gasteiger partial charge in [-0.05, 0) is 51.4 Å². The Morgan fingerprint density at radius 2 is 0.758 bits per heavy atom. The molecule has 3 rings (SSSR count). The summed E-state index contributed by atoms with van der Waals surface area (Å²) in [5.41, 5.74) is 0. The molecule has 17 unspecified atom stereocenters. The predicted molar refractivity (Wildman–Crippen MR) is 356 cm³/mol. The van der Waals surface area contributed by atoms with Gasteiger partial charge < -0.3 is 89.9 Å². The van der Waals surface area contributed by atoms with Gasteiger partial charge >= 0.3 is 0 Å². The van der Waals surface area contributed by atoms with Gasteiger partial charge in [0.1, 0.15) is 73.2 Å². The Morgan fingerprint density at radius 1 is 0.407 bits per heavy atom. The largest absolute Gasteiger partial charge is 0.394 e. The van der Waals surface area contributed by atoms with Crippen molar-refractivity contribution in [3.63, 3.8) is 0 Å². The lowest BCUT2D eigenvalue weighted by molar-refractivity contribution is -0.379. The number of carbonyl (C=O) groups excluding carboxylic acids is 1. The van der Waals surface area contributed by atoms with Crippen LogP contribution in [0.2, 0.25) is 0 Å². The molecule has 3 aliphatic rings. The van der Waals surface area contributed by atoms with Crippen molar-refractivity contribution in [2.24, 2.45) is 0 Å². The zero-order valence-corrected chi connectivity index (χ0v) is 56.3. The number of aliphatic hydroxyl groups excluding tert-OH is 11. The summed E-state index contributed by atoms with van der Waals surface area (Å²) in [6.45, 7) is 1.71. The summed E-state index contributed by atoms with van der Waals surface area (Å²) in [5, 5.41) is 121. The van der Waals surface area contributed by atoms with Gasteiger partial charge in [-0.2, -0.15) is 0 Å². The molecule has 0 bridgehead atoms. The number of amides is 1. The highest BCUT2D eigenvalue weighted by Crippen LogP contribution is 2.33. The molecule has 0 aromatic heterocycles. The molecule has 1 amide bonds. The first kappa shape index (κ1) is 83.0. The van der Waals surface area contributed by atoms with Crippen LogP contribution in [-0.4, -0.2) is 193 Å². The minimum Gasteiger partial charge on any atom is -0.394 e. The van der Waals surface area contributed by atoms with Crippen LogP contribution in [0.15, 0.2) is 48.6 Å². The molecule has 91 heavy (non-hydrogen) atoms. The third kappa shape index (κ3) is 35.5. The van der Waals surface area contributed by atoms with E-state index in [4.69, 9.17) is 28.4 Å². The number of hydrogen-bond acceptors (Lipinski definition) is 18.